The molecule has 0 aliphatic carbocycles. The number of hydrogen-bond donors (Lipinski definition) is 2. The van der Waals surface area contributed by atoms with Crippen molar-refractivity contribution in [1.29, 1.82) is 0 Å². The summed E-state index contributed by atoms with van der Waals surface area (Å²) in [6.45, 7) is 8.34. The maximum atomic E-state index is 12.7. The quantitative estimate of drug-likeness (QED) is 0.677. The average Bonchev–Trinajstić information content (AvgIpc) is 3.12. The van der Waals surface area contributed by atoms with Gasteiger partial charge in [0.05, 0.1) is 0 Å². The number of benzene rings is 2. The number of anilines is 1. The molecule has 5 heteroatoms. The van der Waals surface area contributed by atoms with Crippen LogP contribution < -0.4 is 15.5 Å². The summed E-state index contributed by atoms with van der Waals surface area (Å²) < 4.78 is 0. The monoisotopic (exact) mass is 393 g/mol. The standard InChI is InChI=1S/C24H31N3O2/c1-17(2)22(26-23(28)20-11-6-4-9-18(20)3)24(29)25-14-8-15-27-16-13-19-10-5-7-12-21(19)27/h4-7,9-12,17,22H,8,13-16H2,1-3H3,(H,25,29)(H,26,28)/t22-/m1/s1. The Labute approximate surface area is 173 Å². The first-order valence-corrected chi connectivity index (χ1v) is 10.4. The van der Waals surface area contributed by atoms with Gasteiger partial charge in [0.25, 0.3) is 5.91 Å². The Morgan fingerprint density at radius 2 is 1.79 bits per heavy atom. The molecular formula is C24H31N3O2. The van der Waals surface area contributed by atoms with Crippen molar-refractivity contribution in [3.05, 3.63) is 65.2 Å². The number of nitrogens with zero attached hydrogens (tertiary/aromatic N) is 1. The van der Waals surface area contributed by atoms with E-state index in [4.69, 9.17) is 0 Å². The Balaban J connectivity index is 1.49. The van der Waals surface area contributed by atoms with Crippen LogP contribution in [-0.4, -0.2) is 37.5 Å². The first-order chi connectivity index (χ1) is 14.0. The number of carbonyl (C=O) groups excluding carboxylic acids is 2. The highest BCUT2D eigenvalue weighted by Crippen LogP contribution is 2.27. The molecule has 0 unspecified atom stereocenters. The second kappa shape index (κ2) is 9.59. The predicted molar refractivity (Wildman–Crippen MR) is 117 cm³/mol. The topological polar surface area (TPSA) is 61.4 Å². The van der Waals surface area contributed by atoms with Crippen LogP contribution in [0, 0.1) is 12.8 Å². The van der Waals surface area contributed by atoms with Gasteiger partial charge in [0.15, 0.2) is 0 Å². The van der Waals surface area contributed by atoms with Gasteiger partial charge in [-0.1, -0.05) is 50.2 Å². The third-order valence-electron chi connectivity index (χ3n) is 5.51. The van der Waals surface area contributed by atoms with Crippen LogP contribution in [0.5, 0.6) is 0 Å². The maximum Gasteiger partial charge on any atom is 0.252 e. The molecule has 0 saturated carbocycles. The van der Waals surface area contributed by atoms with Crippen molar-refractivity contribution in [2.24, 2.45) is 5.92 Å². The molecule has 154 valence electrons. The number of fused-ring (bicyclic) bond motifs is 1. The number of carbonyl (C=O) groups is 2. The largest absolute Gasteiger partial charge is 0.371 e. The molecular weight excluding hydrogens is 362 g/mol. The van der Waals surface area contributed by atoms with E-state index in [1.54, 1.807) is 6.07 Å². The molecule has 1 atom stereocenters. The molecule has 0 aromatic heterocycles. The molecule has 2 aromatic carbocycles. The molecule has 0 saturated heterocycles. The minimum Gasteiger partial charge on any atom is -0.371 e. The molecule has 2 aromatic rings. The predicted octanol–water partition coefficient (Wildman–Crippen LogP) is 3.32. The molecule has 2 N–H and O–H groups in total. The Bertz CT molecular complexity index is 863. The maximum absolute atomic E-state index is 12.7. The van der Waals surface area contributed by atoms with Crippen LogP contribution in [0.15, 0.2) is 48.5 Å². The number of aryl methyl sites for hydroxylation is 1. The van der Waals surface area contributed by atoms with Gasteiger partial charge >= 0.3 is 0 Å². The molecule has 0 spiro atoms. The highest BCUT2D eigenvalue weighted by Gasteiger charge is 2.25. The van der Waals surface area contributed by atoms with Crippen LogP contribution in [0.25, 0.3) is 0 Å². The molecule has 0 fully saturated rings. The normalized spacial score (nSPS) is 13.9. The van der Waals surface area contributed by atoms with Crippen LogP contribution in [0.4, 0.5) is 5.69 Å². The first kappa shape index (κ1) is 20.9. The fourth-order valence-electron chi connectivity index (χ4n) is 3.81. The number of hydrogen-bond acceptors (Lipinski definition) is 3. The summed E-state index contributed by atoms with van der Waals surface area (Å²) in [4.78, 5) is 27.7. The highest BCUT2D eigenvalue weighted by molar-refractivity contribution is 5.98. The van der Waals surface area contributed by atoms with Gasteiger partial charge in [0.1, 0.15) is 6.04 Å². The minimum absolute atomic E-state index is 0.00780. The van der Waals surface area contributed by atoms with Crippen molar-refractivity contribution in [1.82, 2.24) is 10.6 Å². The lowest BCUT2D eigenvalue weighted by Gasteiger charge is -2.23. The number of para-hydroxylation sites is 1. The molecule has 1 aliphatic heterocycles. The van der Waals surface area contributed by atoms with E-state index in [2.05, 4.69) is 39.8 Å². The second-order valence-electron chi connectivity index (χ2n) is 8.02. The summed E-state index contributed by atoms with van der Waals surface area (Å²) in [6, 6.07) is 15.4. The van der Waals surface area contributed by atoms with E-state index in [0.29, 0.717) is 12.1 Å². The fraction of sp³-hybridized carbons (Fsp3) is 0.417. The SMILES string of the molecule is Cc1ccccc1C(=O)N[C@@H](C(=O)NCCCN1CCc2ccccc21)C(C)C. The summed E-state index contributed by atoms with van der Waals surface area (Å²) >= 11 is 0. The van der Waals surface area contributed by atoms with Crippen molar-refractivity contribution in [3.8, 4) is 0 Å². The van der Waals surface area contributed by atoms with Crippen molar-refractivity contribution in [2.75, 3.05) is 24.5 Å². The molecule has 1 heterocycles. The number of nitrogens with one attached hydrogen (secondary N) is 2. The number of amides is 2. The van der Waals surface area contributed by atoms with Crippen LogP contribution in [-0.2, 0) is 11.2 Å². The zero-order chi connectivity index (χ0) is 20.8. The van der Waals surface area contributed by atoms with Gasteiger partial charge in [-0.15, -0.1) is 0 Å². The molecule has 0 radical (unpaired) electrons. The van der Waals surface area contributed by atoms with E-state index in [1.165, 1.54) is 11.3 Å². The van der Waals surface area contributed by atoms with Gasteiger partial charge in [-0.3, -0.25) is 9.59 Å². The zero-order valence-electron chi connectivity index (χ0n) is 17.6. The number of rotatable bonds is 8. The molecule has 5 nitrogen and oxygen atoms in total. The average molecular weight is 394 g/mol. The zero-order valence-corrected chi connectivity index (χ0v) is 17.6. The Morgan fingerprint density at radius 3 is 2.55 bits per heavy atom. The van der Waals surface area contributed by atoms with E-state index in [9.17, 15) is 9.59 Å². The third kappa shape index (κ3) is 5.17. The molecule has 1 aliphatic rings. The van der Waals surface area contributed by atoms with Crippen molar-refractivity contribution in [2.45, 2.75) is 39.7 Å². The van der Waals surface area contributed by atoms with Crippen LogP contribution in [0.3, 0.4) is 0 Å². The smallest absolute Gasteiger partial charge is 0.252 e. The van der Waals surface area contributed by atoms with Gasteiger partial charge in [-0.05, 0) is 48.9 Å². The van der Waals surface area contributed by atoms with Gasteiger partial charge in [0, 0.05) is 30.9 Å². The molecule has 0 bridgehead atoms. The summed E-state index contributed by atoms with van der Waals surface area (Å²) in [5, 5.41) is 5.91. The Morgan fingerprint density at radius 1 is 1.07 bits per heavy atom. The Hall–Kier alpha value is -2.82. The lowest BCUT2D eigenvalue weighted by atomic mass is 10.0. The van der Waals surface area contributed by atoms with Gasteiger partial charge in [0.2, 0.25) is 5.91 Å². The van der Waals surface area contributed by atoms with Gasteiger partial charge in [-0.25, -0.2) is 0 Å². The fourth-order valence-corrected chi connectivity index (χ4v) is 3.81. The summed E-state index contributed by atoms with van der Waals surface area (Å²) in [7, 11) is 0. The summed E-state index contributed by atoms with van der Waals surface area (Å²) in [5.74, 6) is -0.317. The lowest BCUT2D eigenvalue weighted by molar-refractivity contribution is -0.123. The highest BCUT2D eigenvalue weighted by atomic mass is 16.2. The summed E-state index contributed by atoms with van der Waals surface area (Å²) in [6.07, 6.45) is 1.96. The van der Waals surface area contributed by atoms with Crippen molar-refractivity contribution < 1.29 is 9.59 Å². The van der Waals surface area contributed by atoms with E-state index < -0.39 is 6.04 Å². The lowest BCUT2D eigenvalue weighted by Crippen LogP contribution is -2.50. The summed E-state index contributed by atoms with van der Waals surface area (Å²) in [5.41, 5.74) is 4.22. The minimum atomic E-state index is -0.547. The van der Waals surface area contributed by atoms with Gasteiger partial charge < -0.3 is 15.5 Å². The van der Waals surface area contributed by atoms with Crippen molar-refractivity contribution >= 4 is 17.5 Å². The van der Waals surface area contributed by atoms with E-state index in [-0.39, 0.29) is 17.7 Å². The molecule has 29 heavy (non-hydrogen) atoms. The third-order valence-corrected chi connectivity index (χ3v) is 5.51. The Kier molecular flexibility index (Phi) is 6.91. The van der Waals surface area contributed by atoms with Crippen LogP contribution in [0.1, 0.15) is 41.8 Å². The molecule has 3 rings (SSSR count). The molecule has 2 amide bonds. The first-order valence-electron chi connectivity index (χ1n) is 10.4. The van der Waals surface area contributed by atoms with E-state index in [1.807, 2.05) is 39.0 Å². The second-order valence-corrected chi connectivity index (χ2v) is 8.02. The van der Waals surface area contributed by atoms with Gasteiger partial charge in [-0.2, -0.15) is 0 Å². The van der Waals surface area contributed by atoms with Crippen LogP contribution >= 0.6 is 0 Å². The van der Waals surface area contributed by atoms with E-state index in [0.717, 1.165) is 31.5 Å². The van der Waals surface area contributed by atoms with Crippen LogP contribution in [0.2, 0.25) is 0 Å². The van der Waals surface area contributed by atoms with E-state index >= 15 is 0 Å². The van der Waals surface area contributed by atoms with Crippen molar-refractivity contribution in [3.63, 3.8) is 0 Å².